The third-order valence-corrected chi connectivity index (χ3v) is 4.15. The Kier molecular flexibility index (Phi) is 4.18. The van der Waals surface area contributed by atoms with Crippen LogP contribution in [0.4, 0.5) is 0 Å². The molecule has 0 spiro atoms. The summed E-state index contributed by atoms with van der Waals surface area (Å²) >= 11 is 5.65. The summed E-state index contributed by atoms with van der Waals surface area (Å²) in [4.78, 5) is 16.8. The van der Waals surface area contributed by atoms with E-state index in [1.165, 1.54) is 4.57 Å². The number of fused-ring (bicyclic) bond motifs is 1. The minimum atomic E-state index is -0.197. The standard InChI is InChI=1S/C17H14ClN5O3/c1-25-12-4-2-11(3-5-12)13-8-14-17(24)22(6-7-23(14)20-13)10-15-19-16(9-18)26-21-15/h2-8H,9-10H2,1H3. The zero-order chi connectivity index (χ0) is 18.1. The third-order valence-electron chi connectivity index (χ3n) is 3.93. The van der Waals surface area contributed by atoms with Gasteiger partial charge in [-0.25, -0.2) is 4.52 Å². The first kappa shape index (κ1) is 16.3. The molecular weight excluding hydrogens is 358 g/mol. The van der Waals surface area contributed by atoms with Crippen molar-refractivity contribution in [3.63, 3.8) is 0 Å². The van der Waals surface area contributed by atoms with Gasteiger partial charge in [0.2, 0.25) is 5.89 Å². The first-order valence-corrected chi connectivity index (χ1v) is 8.32. The second-order valence-corrected chi connectivity index (χ2v) is 5.82. The molecule has 0 radical (unpaired) electrons. The average molecular weight is 372 g/mol. The van der Waals surface area contributed by atoms with E-state index in [1.807, 2.05) is 24.3 Å². The summed E-state index contributed by atoms with van der Waals surface area (Å²) in [6, 6.07) is 9.24. The summed E-state index contributed by atoms with van der Waals surface area (Å²) in [6.45, 7) is 0.193. The molecule has 0 aliphatic heterocycles. The van der Waals surface area contributed by atoms with Gasteiger partial charge >= 0.3 is 0 Å². The van der Waals surface area contributed by atoms with Crippen molar-refractivity contribution in [2.75, 3.05) is 7.11 Å². The topological polar surface area (TPSA) is 87.5 Å². The molecule has 0 saturated carbocycles. The van der Waals surface area contributed by atoms with Gasteiger partial charge < -0.3 is 13.8 Å². The van der Waals surface area contributed by atoms with Crippen molar-refractivity contribution in [3.8, 4) is 17.0 Å². The number of methoxy groups -OCH3 is 1. The van der Waals surface area contributed by atoms with E-state index >= 15 is 0 Å². The van der Waals surface area contributed by atoms with Crippen molar-refractivity contribution >= 4 is 17.1 Å². The van der Waals surface area contributed by atoms with Crippen LogP contribution in [0.5, 0.6) is 5.75 Å². The molecule has 0 aliphatic rings. The summed E-state index contributed by atoms with van der Waals surface area (Å²) in [5, 5.41) is 8.27. The van der Waals surface area contributed by atoms with Crippen LogP contribution in [0.2, 0.25) is 0 Å². The lowest BCUT2D eigenvalue weighted by molar-refractivity contribution is 0.382. The van der Waals surface area contributed by atoms with E-state index in [2.05, 4.69) is 15.2 Å². The summed E-state index contributed by atoms with van der Waals surface area (Å²) in [7, 11) is 1.61. The maximum absolute atomic E-state index is 12.7. The Hall–Kier alpha value is -3.13. The summed E-state index contributed by atoms with van der Waals surface area (Å²) in [5.74, 6) is 1.61. The van der Waals surface area contributed by atoms with Crippen molar-refractivity contribution in [2.45, 2.75) is 12.4 Å². The number of ether oxygens (including phenoxy) is 1. The maximum Gasteiger partial charge on any atom is 0.277 e. The summed E-state index contributed by atoms with van der Waals surface area (Å²) in [5.41, 5.74) is 1.85. The van der Waals surface area contributed by atoms with Gasteiger partial charge in [0, 0.05) is 18.0 Å². The van der Waals surface area contributed by atoms with Crippen molar-refractivity contribution in [1.29, 1.82) is 0 Å². The first-order valence-electron chi connectivity index (χ1n) is 7.78. The van der Waals surface area contributed by atoms with Crippen LogP contribution < -0.4 is 10.3 Å². The zero-order valence-corrected chi connectivity index (χ0v) is 14.6. The molecule has 26 heavy (non-hydrogen) atoms. The van der Waals surface area contributed by atoms with Gasteiger partial charge in [0.25, 0.3) is 5.56 Å². The minimum Gasteiger partial charge on any atom is -0.497 e. The monoisotopic (exact) mass is 371 g/mol. The molecule has 8 nitrogen and oxygen atoms in total. The lowest BCUT2D eigenvalue weighted by Gasteiger charge is -2.02. The van der Waals surface area contributed by atoms with E-state index in [-0.39, 0.29) is 18.0 Å². The first-order chi connectivity index (χ1) is 12.7. The van der Waals surface area contributed by atoms with Crippen molar-refractivity contribution < 1.29 is 9.26 Å². The van der Waals surface area contributed by atoms with E-state index in [9.17, 15) is 4.79 Å². The number of alkyl halides is 1. The molecule has 0 unspecified atom stereocenters. The van der Waals surface area contributed by atoms with Gasteiger partial charge in [-0.05, 0) is 30.3 Å². The summed E-state index contributed by atoms with van der Waals surface area (Å²) in [6.07, 6.45) is 3.35. The molecule has 1 aromatic carbocycles. The van der Waals surface area contributed by atoms with Crippen molar-refractivity contribution in [1.82, 2.24) is 24.3 Å². The fraction of sp³-hybridized carbons (Fsp3) is 0.176. The molecule has 9 heteroatoms. The molecule has 4 rings (SSSR count). The molecule has 0 fully saturated rings. The van der Waals surface area contributed by atoms with E-state index in [1.54, 1.807) is 30.1 Å². The Morgan fingerprint density at radius 1 is 1.23 bits per heavy atom. The van der Waals surface area contributed by atoms with E-state index in [0.717, 1.165) is 11.3 Å². The highest BCUT2D eigenvalue weighted by Crippen LogP contribution is 2.21. The predicted octanol–water partition coefficient (Wildman–Crippen LogP) is 2.34. The average Bonchev–Trinajstić information content (AvgIpc) is 3.31. The van der Waals surface area contributed by atoms with Crippen LogP contribution in [0.15, 0.2) is 52.0 Å². The second-order valence-electron chi connectivity index (χ2n) is 5.56. The fourth-order valence-corrected chi connectivity index (χ4v) is 2.72. The zero-order valence-electron chi connectivity index (χ0n) is 13.8. The van der Waals surface area contributed by atoms with Gasteiger partial charge in [0.05, 0.1) is 19.3 Å². The lowest BCUT2D eigenvalue weighted by Crippen LogP contribution is -2.22. The molecule has 132 valence electrons. The minimum absolute atomic E-state index is 0.134. The van der Waals surface area contributed by atoms with E-state index in [0.29, 0.717) is 22.9 Å². The van der Waals surface area contributed by atoms with Crippen LogP contribution in [0, 0.1) is 0 Å². The van der Waals surface area contributed by atoms with Crippen LogP contribution in [0.1, 0.15) is 11.7 Å². The Morgan fingerprint density at radius 2 is 2.04 bits per heavy atom. The highest BCUT2D eigenvalue weighted by atomic mass is 35.5. The number of nitrogens with zero attached hydrogens (tertiary/aromatic N) is 5. The fourth-order valence-electron chi connectivity index (χ4n) is 2.61. The van der Waals surface area contributed by atoms with Gasteiger partial charge in [0.15, 0.2) is 5.82 Å². The lowest BCUT2D eigenvalue weighted by atomic mass is 10.1. The molecule has 3 heterocycles. The van der Waals surface area contributed by atoms with Crippen LogP contribution in [0.3, 0.4) is 0 Å². The predicted molar refractivity (Wildman–Crippen MR) is 94.4 cm³/mol. The molecule has 0 N–H and O–H groups in total. The quantitative estimate of drug-likeness (QED) is 0.500. The number of rotatable bonds is 5. The molecule has 0 aliphatic carbocycles. The highest BCUT2D eigenvalue weighted by molar-refractivity contribution is 6.16. The molecular formula is C17H14ClN5O3. The number of benzene rings is 1. The smallest absolute Gasteiger partial charge is 0.277 e. The SMILES string of the molecule is COc1ccc(-c2cc3c(=O)n(Cc4noc(CCl)n4)ccn3n2)cc1. The van der Waals surface area contributed by atoms with Crippen LogP contribution in [-0.4, -0.2) is 31.4 Å². The Morgan fingerprint density at radius 3 is 2.73 bits per heavy atom. The van der Waals surface area contributed by atoms with Gasteiger partial charge in [0.1, 0.15) is 17.1 Å². The van der Waals surface area contributed by atoms with E-state index in [4.69, 9.17) is 20.9 Å². The van der Waals surface area contributed by atoms with E-state index < -0.39 is 0 Å². The molecule has 0 atom stereocenters. The Bertz CT molecular complexity index is 1110. The molecule has 0 amide bonds. The van der Waals surface area contributed by atoms with Crippen molar-refractivity contribution in [2.24, 2.45) is 0 Å². The van der Waals surface area contributed by atoms with Crippen LogP contribution in [0.25, 0.3) is 16.8 Å². The third kappa shape index (κ3) is 2.95. The normalized spacial score (nSPS) is 11.2. The van der Waals surface area contributed by atoms with Gasteiger partial charge in [-0.1, -0.05) is 5.16 Å². The molecule has 0 bridgehead atoms. The van der Waals surface area contributed by atoms with Crippen LogP contribution >= 0.6 is 11.6 Å². The number of hydrogen-bond donors (Lipinski definition) is 0. The van der Waals surface area contributed by atoms with Gasteiger partial charge in [-0.3, -0.25) is 4.79 Å². The largest absolute Gasteiger partial charge is 0.497 e. The van der Waals surface area contributed by atoms with Gasteiger partial charge in [-0.2, -0.15) is 10.1 Å². The number of hydrogen-bond acceptors (Lipinski definition) is 6. The van der Waals surface area contributed by atoms with Gasteiger partial charge in [-0.15, -0.1) is 11.6 Å². The van der Waals surface area contributed by atoms with Crippen molar-refractivity contribution in [3.05, 3.63) is 64.8 Å². The second kappa shape index (κ2) is 6.64. The summed E-state index contributed by atoms with van der Waals surface area (Å²) < 4.78 is 13.2. The number of halogens is 1. The molecule has 3 aromatic heterocycles. The molecule has 4 aromatic rings. The Labute approximate surface area is 152 Å². The molecule has 0 saturated heterocycles. The Balaban J connectivity index is 1.69. The highest BCUT2D eigenvalue weighted by Gasteiger charge is 2.12. The maximum atomic E-state index is 12.7. The number of aromatic nitrogens is 5. The van der Waals surface area contributed by atoms with Crippen LogP contribution in [-0.2, 0) is 12.4 Å².